The summed E-state index contributed by atoms with van der Waals surface area (Å²) in [5.41, 5.74) is -0.0213. The highest BCUT2D eigenvalue weighted by atomic mass is 16.6. The quantitative estimate of drug-likeness (QED) is 0.793. The van der Waals surface area contributed by atoms with E-state index in [1.807, 2.05) is 0 Å². The molecule has 1 amide bonds. The van der Waals surface area contributed by atoms with E-state index in [0.29, 0.717) is 11.8 Å². The smallest absolute Gasteiger partial charge is 0.408 e. The summed E-state index contributed by atoms with van der Waals surface area (Å²) in [5, 5.41) is 2.49. The molecule has 1 fully saturated rings. The summed E-state index contributed by atoms with van der Waals surface area (Å²) in [6, 6.07) is 0. The number of hydrogen-bond donors (Lipinski definition) is 1. The minimum absolute atomic E-state index is 0.0742. The predicted molar refractivity (Wildman–Crippen MR) is 70.4 cm³/mol. The van der Waals surface area contributed by atoms with Crippen molar-refractivity contribution >= 4 is 11.9 Å². The Morgan fingerprint density at radius 3 is 2.39 bits per heavy atom. The van der Waals surface area contributed by atoms with E-state index >= 15 is 0 Å². The van der Waals surface area contributed by atoms with E-state index in [-0.39, 0.29) is 12.3 Å². The molecule has 18 heavy (non-hydrogen) atoms. The molecule has 1 rings (SSSR count). The van der Waals surface area contributed by atoms with Gasteiger partial charge >= 0.3 is 6.09 Å². The monoisotopic (exact) mass is 255 g/mol. The van der Waals surface area contributed by atoms with E-state index in [1.54, 1.807) is 20.8 Å². The number of ketones is 1. The Balaban J connectivity index is 2.07. The molecule has 1 aliphatic carbocycles. The lowest BCUT2D eigenvalue weighted by atomic mass is 10.0. The standard InChI is InChI=1S/C14H25NO3/c1-13(2,3)18-12(17)15-10-11(16)6-5-7-14(4)8-9-14/h5-10H2,1-4H3,(H,15,17). The third kappa shape index (κ3) is 6.62. The molecule has 4 heteroatoms. The van der Waals surface area contributed by atoms with Crippen LogP contribution in [0.2, 0.25) is 0 Å². The van der Waals surface area contributed by atoms with Gasteiger partial charge in [-0.2, -0.15) is 0 Å². The minimum Gasteiger partial charge on any atom is -0.444 e. The summed E-state index contributed by atoms with van der Waals surface area (Å²) in [7, 11) is 0. The first-order valence-electron chi connectivity index (χ1n) is 6.69. The van der Waals surface area contributed by atoms with Crippen molar-refractivity contribution in [3.8, 4) is 0 Å². The van der Waals surface area contributed by atoms with Crippen LogP contribution in [0.3, 0.4) is 0 Å². The summed E-state index contributed by atoms with van der Waals surface area (Å²) in [6.07, 6.45) is 4.64. The van der Waals surface area contributed by atoms with Crippen molar-refractivity contribution in [2.45, 2.75) is 65.4 Å². The van der Waals surface area contributed by atoms with Crippen LogP contribution in [-0.4, -0.2) is 24.0 Å². The molecule has 0 unspecified atom stereocenters. The number of Topliss-reactive ketones (excluding diaryl/α,β-unsaturated/α-hetero) is 1. The Morgan fingerprint density at radius 2 is 1.89 bits per heavy atom. The van der Waals surface area contributed by atoms with Crippen LogP contribution in [-0.2, 0) is 9.53 Å². The number of rotatable bonds is 6. The van der Waals surface area contributed by atoms with Crippen molar-refractivity contribution in [2.75, 3.05) is 6.54 Å². The lowest BCUT2D eigenvalue weighted by Crippen LogP contribution is -2.35. The van der Waals surface area contributed by atoms with Crippen molar-refractivity contribution in [2.24, 2.45) is 5.41 Å². The molecular formula is C14H25NO3. The van der Waals surface area contributed by atoms with Crippen molar-refractivity contribution in [1.82, 2.24) is 5.32 Å². The molecule has 0 aromatic rings. The van der Waals surface area contributed by atoms with Gasteiger partial charge in [-0.3, -0.25) is 4.79 Å². The van der Waals surface area contributed by atoms with Crippen LogP contribution in [0.1, 0.15) is 59.8 Å². The highest BCUT2D eigenvalue weighted by Gasteiger charge is 2.36. The molecule has 0 saturated heterocycles. The lowest BCUT2D eigenvalue weighted by molar-refractivity contribution is -0.118. The van der Waals surface area contributed by atoms with Crippen LogP contribution < -0.4 is 5.32 Å². The largest absolute Gasteiger partial charge is 0.444 e. The van der Waals surface area contributed by atoms with Gasteiger partial charge in [-0.1, -0.05) is 6.92 Å². The first-order valence-corrected chi connectivity index (χ1v) is 6.69. The van der Waals surface area contributed by atoms with Crippen LogP contribution in [0.15, 0.2) is 0 Å². The number of carbonyl (C=O) groups excluding carboxylic acids is 2. The second-order valence-electron chi connectivity index (χ2n) is 6.56. The summed E-state index contributed by atoms with van der Waals surface area (Å²) in [6.45, 7) is 7.72. The molecule has 1 aliphatic rings. The summed E-state index contributed by atoms with van der Waals surface area (Å²) in [5.74, 6) is 0.0742. The molecular weight excluding hydrogens is 230 g/mol. The van der Waals surface area contributed by atoms with Crippen molar-refractivity contribution in [3.63, 3.8) is 0 Å². The van der Waals surface area contributed by atoms with Crippen LogP contribution in [0.4, 0.5) is 4.79 Å². The number of ether oxygens (including phenoxy) is 1. The Labute approximate surface area is 109 Å². The number of amides is 1. The van der Waals surface area contributed by atoms with Gasteiger partial charge in [-0.05, 0) is 51.9 Å². The number of carbonyl (C=O) groups is 2. The third-order valence-electron chi connectivity index (χ3n) is 3.17. The fraction of sp³-hybridized carbons (Fsp3) is 0.857. The molecule has 0 radical (unpaired) electrons. The van der Waals surface area contributed by atoms with E-state index in [2.05, 4.69) is 12.2 Å². The highest BCUT2D eigenvalue weighted by Crippen LogP contribution is 2.49. The number of alkyl carbamates (subject to hydrolysis) is 1. The topological polar surface area (TPSA) is 55.4 Å². The molecule has 0 aromatic heterocycles. The van der Waals surface area contributed by atoms with E-state index < -0.39 is 11.7 Å². The molecule has 0 heterocycles. The van der Waals surface area contributed by atoms with Crippen LogP contribution in [0.5, 0.6) is 0 Å². The lowest BCUT2D eigenvalue weighted by Gasteiger charge is -2.19. The fourth-order valence-corrected chi connectivity index (χ4v) is 1.75. The van der Waals surface area contributed by atoms with Gasteiger partial charge in [0, 0.05) is 6.42 Å². The summed E-state index contributed by atoms with van der Waals surface area (Å²) < 4.78 is 5.05. The van der Waals surface area contributed by atoms with Gasteiger partial charge in [0.1, 0.15) is 5.60 Å². The third-order valence-corrected chi connectivity index (χ3v) is 3.17. The second-order valence-corrected chi connectivity index (χ2v) is 6.56. The average molecular weight is 255 g/mol. The van der Waals surface area contributed by atoms with Gasteiger partial charge in [0.25, 0.3) is 0 Å². The van der Waals surface area contributed by atoms with Gasteiger partial charge in [-0.15, -0.1) is 0 Å². The van der Waals surface area contributed by atoms with Crippen molar-refractivity contribution in [1.29, 1.82) is 0 Å². The van der Waals surface area contributed by atoms with E-state index in [9.17, 15) is 9.59 Å². The van der Waals surface area contributed by atoms with Crippen molar-refractivity contribution < 1.29 is 14.3 Å². The molecule has 0 aromatic carbocycles. The molecule has 104 valence electrons. The van der Waals surface area contributed by atoms with E-state index in [1.165, 1.54) is 12.8 Å². The predicted octanol–water partition coefficient (Wildman–Crippen LogP) is 3.05. The zero-order valence-corrected chi connectivity index (χ0v) is 12.0. The fourth-order valence-electron chi connectivity index (χ4n) is 1.75. The maximum atomic E-state index is 11.5. The Bertz CT molecular complexity index is 313. The summed E-state index contributed by atoms with van der Waals surface area (Å²) in [4.78, 5) is 22.9. The van der Waals surface area contributed by atoms with Gasteiger partial charge in [0.05, 0.1) is 6.54 Å². The molecule has 1 N–H and O–H groups in total. The van der Waals surface area contributed by atoms with Crippen molar-refractivity contribution in [3.05, 3.63) is 0 Å². The Kier molecular flexibility index (Phi) is 4.77. The number of nitrogens with one attached hydrogen (secondary N) is 1. The highest BCUT2D eigenvalue weighted by molar-refractivity contribution is 5.83. The van der Waals surface area contributed by atoms with Crippen LogP contribution in [0, 0.1) is 5.41 Å². The Morgan fingerprint density at radius 1 is 1.28 bits per heavy atom. The average Bonchev–Trinajstić information content (AvgIpc) is 2.91. The SMILES string of the molecule is CC1(CCCC(=O)CNC(=O)OC(C)(C)C)CC1. The van der Waals surface area contributed by atoms with E-state index in [4.69, 9.17) is 4.74 Å². The van der Waals surface area contributed by atoms with Gasteiger partial charge in [0.15, 0.2) is 5.78 Å². The maximum absolute atomic E-state index is 11.5. The molecule has 1 saturated carbocycles. The van der Waals surface area contributed by atoms with Crippen LogP contribution >= 0.6 is 0 Å². The van der Waals surface area contributed by atoms with Crippen LogP contribution in [0.25, 0.3) is 0 Å². The first-order chi connectivity index (χ1) is 8.20. The minimum atomic E-state index is -0.523. The molecule has 0 spiro atoms. The molecule has 4 nitrogen and oxygen atoms in total. The van der Waals surface area contributed by atoms with Gasteiger partial charge < -0.3 is 10.1 Å². The molecule has 0 aliphatic heterocycles. The first kappa shape index (κ1) is 15.0. The van der Waals surface area contributed by atoms with Gasteiger partial charge in [-0.25, -0.2) is 4.79 Å². The maximum Gasteiger partial charge on any atom is 0.408 e. The zero-order valence-electron chi connectivity index (χ0n) is 12.0. The number of hydrogen-bond acceptors (Lipinski definition) is 3. The zero-order chi connectivity index (χ0) is 13.8. The van der Waals surface area contributed by atoms with Gasteiger partial charge in [0.2, 0.25) is 0 Å². The van der Waals surface area contributed by atoms with E-state index in [0.717, 1.165) is 12.8 Å². The summed E-state index contributed by atoms with van der Waals surface area (Å²) >= 11 is 0. The molecule has 0 bridgehead atoms. The molecule has 0 atom stereocenters. The normalized spacial score (nSPS) is 17.1. The Hall–Kier alpha value is -1.06. The second kappa shape index (κ2) is 5.72.